The Balaban J connectivity index is 0.00000192. The summed E-state index contributed by atoms with van der Waals surface area (Å²) in [6.07, 6.45) is 1.56. The molecule has 0 amide bonds. The van der Waals surface area contributed by atoms with Crippen LogP contribution in [0.15, 0.2) is 34.9 Å². The maximum atomic E-state index is 10.5. The number of aromatic nitrogens is 2. The summed E-state index contributed by atoms with van der Waals surface area (Å²) < 4.78 is 5.02. The highest BCUT2D eigenvalue weighted by Gasteiger charge is 2.26. The van der Waals surface area contributed by atoms with E-state index < -0.39 is 0 Å². The topological polar surface area (TPSA) is 88.4 Å². The number of halogens is 1. The number of rotatable bonds is 5. The van der Waals surface area contributed by atoms with Gasteiger partial charge >= 0.3 is 0 Å². The van der Waals surface area contributed by atoms with Gasteiger partial charge in [0.2, 0.25) is 5.89 Å². The predicted molar refractivity (Wildman–Crippen MR) is 88.8 cm³/mol. The van der Waals surface area contributed by atoms with Crippen LogP contribution in [0, 0.1) is 5.92 Å². The lowest BCUT2D eigenvalue weighted by molar-refractivity contribution is 0.0558. The van der Waals surface area contributed by atoms with Crippen molar-refractivity contribution in [2.75, 3.05) is 13.1 Å². The lowest BCUT2D eigenvalue weighted by atomic mass is 9.87. The number of likely N-dealkylation sites (tertiary alicyclic amines) is 1. The Hall–Kier alpha value is -1.47. The van der Waals surface area contributed by atoms with Gasteiger partial charge in [-0.3, -0.25) is 4.90 Å². The lowest BCUT2D eigenvalue weighted by Crippen LogP contribution is -2.35. The highest BCUT2D eigenvalue weighted by molar-refractivity contribution is 5.85. The van der Waals surface area contributed by atoms with Gasteiger partial charge < -0.3 is 15.4 Å². The molecule has 3 rings (SSSR count). The van der Waals surface area contributed by atoms with Crippen LogP contribution in [0.5, 0.6) is 0 Å². The van der Waals surface area contributed by atoms with Crippen LogP contribution >= 0.6 is 12.4 Å². The third kappa shape index (κ3) is 4.51. The number of nitrogens with two attached hydrogens (primary N) is 1. The average Bonchev–Trinajstić information content (AvgIpc) is 3.03. The highest BCUT2D eigenvalue weighted by atomic mass is 35.5. The Bertz CT molecular complexity index is 585. The van der Waals surface area contributed by atoms with Crippen molar-refractivity contribution in [2.24, 2.45) is 11.7 Å². The van der Waals surface area contributed by atoms with Crippen molar-refractivity contribution in [3.05, 3.63) is 47.6 Å². The van der Waals surface area contributed by atoms with E-state index in [9.17, 15) is 5.11 Å². The molecule has 0 bridgehead atoms. The summed E-state index contributed by atoms with van der Waals surface area (Å²) in [5, 5.41) is 14.4. The summed E-state index contributed by atoms with van der Waals surface area (Å²) >= 11 is 0. The van der Waals surface area contributed by atoms with E-state index in [2.05, 4.69) is 15.0 Å². The summed E-state index contributed by atoms with van der Waals surface area (Å²) in [5.41, 5.74) is 6.47. The van der Waals surface area contributed by atoms with Gasteiger partial charge in [0.05, 0.1) is 19.2 Å². The minimum absolute atomic E-state index is 0. The Labute approximate surface area is 142 Å². The van der Waals surface area contributed by atoms with Gasteiger partial charge in [0, 0.05) is 0 Å². The molecule has 1 atom stereocenters. The van der Waals surface area contributed by atoms with E-state index >= 15 is 0 Å². The fourth-order valence-corrected chi connectivity index (χ4v) is 2.99. The molecule has 126 valence electrons. The van der Waals surface area contributed by atoms with E-state index in [0.29, 0.717) is 24.2 Å². The van der Waals surface area contributed by atoms with Crippen molar-refractivity contribution in [1.82, 2.24) is 15.0 Å². The number of nitrogens with zero attached hydrogens (tertiary/aromatic N) is 3. The normalized spacial score (nSPS) is 17.7. The largest absolute Gasteiger partial charge is 0.388 e. The molecule has 1 fully saturated rings. The van der Waals surface area contributed by atoms with Crippen LogP contribution in [0.25, 0.3) is 0 Å². The molecule has 1 aliphatic rings. The van der Waals surface area contributed by atoms with Crippen molar-refractivity contribution in [1.29, 1.82) is 0 Å². The quantitative estimate of drug-likeness (QED) is 0.865. The molecular weight excluding hydrogens is 316 g/mol. The monoisotopic (exact) mass is 338 g/mol. The Morgan fingerprint density at radius 2 is 1.96 bits per heavy atom. The van der Waals surface area contributed by atoms with E-state index in [1.54, 1.807) is 0 Å². The zero-order valence-electron chi connectivity index (χ0n) is 13.0. The first kappa shape index (κ1) is 17.9. The molecule has 0 spiro atoms. The fourth-order valence-electron chi connectivity index (χ4n) is 2.99. The summed E-state index contributed by atoms with van der Waals surface area (Å²) in [4.78, 5) is 6.52. The first-order valence-corrected chi connectivity index (χ1v) is 7.73. The van der Waals surface area contributed by atoms with Crippen molar-refractivity contribution in [2.45, 2.75) is 32.0 Å². The van der Waals surface area contributed by atoms with E-state index in [1.165, 1.54) is 0 Å². The van der Waals surface area contributed by atoms with Crippen LogP contribution in [0.2, 0.25) is 0 Å². The second-order valence-electron chi connectivity index (χ2n) is 5.78. The molecule has 1 aliphatic heterocycles. The molecule has 1 saturated heterocycles. The predicted octanol–water partition coefficient (Wildman–Crippen LogP) is 1.90. The molecule has 6 nitrogen and oxygen atoms in total. The van der Waals surface area contributed by atoms with Gasteiger partial charge in [0.25, 0.3) is 0 Å². The molecule has 3 N–H and O–H groups in total. The van der Waals surface area contributed by atoms with Crippen LogP contribution in [0.3, 0.4) is 0 Å². The zero-order chi connectivity index (χ0) is 15.4. The third-order valence-electron chi connectivity index (χ3n) is 4.27. The van der Waals surface area contributed by atoms with Crippen molar-refractivity contribution in [3.8, 4) is 0 Å². The zero-order valence-corrected chi connectivity index (χ0v) is 13.8. The second-order valence-corrected chi connectivity index (χ2v) is 5.78. The smallest absolute Gasteiger partial charge is 0.240 e. The summed E-state index contributed by atoms with van der Waals surface area (Å²) in [6.45, 7) is 2.82. The summed E-state index contributed by atoms with van der Waals surface area (Å²) in [5.74, 6) is 1.47. The minimum atomic E-state index is -0.377. The molecule has 0 aliphatic carbocycles. The Morgan fingerprint density at radius 3 is 2.57 bits per heavy atom. The highest BCUT2D eigenvalue weighted by Crippen LogP contribution is 2.30. The summed E-state index contributed by atoms with van der Waals surface area (Å²) in [7, 11) is 0. The van der Waals surface area contributed by atoms with Crippen molar-refractivity contribution < 1.29 is 9.63 Å². The van der Waals surface area contributed by atoms with Crippen LogP contribution in [-0.2, 0) is 13.1 Å². The number of hydrogen-bond acceptors (Lipinski definition) is 6. The van der Waals surface area contributed by atoms with Gasteiger partial charge in [-0.2, -0.15) is 4.98 Å². The average molecular weight is 339 g/mol. The number of benzene rings is 1. The minimum Gasteiger partial charge on any atom is -0.388 e. The molecular formula is C16H23ClN4O2. The fraction of sp³-hybridized carbons (Fsp3) is 0.500. The van der Waals surface area contributed by atoms with Gasteiger partial charge in [-0.05, 0) is 37.4 Å². The Kier molecular flexibility index (Phi) is 6.53. The van der Waals surface area contributed by atoms with E-state index in [1.807, 2.05) is 30.3 Å². The molecule has 2 heterocycles. The third-order valence-corrected chi connectivity index (χ3v) is 4.27. The lowest BCUT2D eigenvalue weighted by Gasteiger charge is -2.33. The number of piperidine rings is 1. The van der Waals surface area contributed by atoms with Gasteiger partial charge in [0.15, 0.2) is 5.82 Å². The van der Waals surface area contributed by atoms with E-state index in [0.717, 1.165) is 31.5 Å². The van der Waals surface area contributed by atoms with Gasteiger partial charge in [0.1, 0.15) is 0 Å². The SMILES string of the molecule is Cl.NCc1nc(CN2CCC(C(O)c3ccccc3)CC2)no1. The molecule has 1 aromatic heterocycles. The molecule has 7 heteroatoms. The number of aliphatic hydroxyl groups is 1. The van der Waals surface area contributed by atoms with Crippen LogP contribution in [0.1, 0.15) is 36.2 Å². The van der Waals surface area contributed by atoms with E-state index in [4.69, 9.17) is 10.3 Å². The van der Waals surface area contributed by atoms with E-state index in [-0.39, 0.29) is 25.1 Å². The molecule has 2 aromatic rings. The summed E-state index contributed by atoms with van der Waals surface area (Å²) in [6, 6.07) is 9.90. The van der Waals surface area contributed by atoms with Gasteiger partial charge in [-0.1, -0.05) is 35.5 Å². The van der Waals surface area contributed by atoms with Crippen LogP contribution in [-0.4, -0.2) is 33.2 Å². The van der Waals surface area contributed by atoms with Gasteiger partial charge in [-0.15, -0.1) is 12.4 Å². The second kappa shape index (κ2) is 8.40. The standard InChI is InChI=1S/C16H22N4O2.ClH/c17-10-15-18-14(19-22-15)11-20-8-6-13(7-9-20)16(21)12-4-2-1-3-5-12;/h1-5,13,16,21H,6-11,17H2;1H. The Morgan fingerprint density at radius 1 is 1.26 bits per heavy atom. The maximum absolute atomic E-state index is 10.5. The number of hydrogen-bond donors (Lipinski definition) is 2. The van der Waals surface area contributed by atoms with Crippen molar-refractivity contribution >= 4 is 12.4 Å². The van der Waals surface area contributed by atoms with Crippen molar-refractivity contribution in [3.63, 3.8) is 0 Å². The molecule has 1 aromatic carbocycles. The first-order chi connectivity index (χ1) is 10.8. The molecule has 0 saturated carbocycles. The molecule has 23 heavy (non-hydrogen) atoms. The van der Waals surface area contributed by atoms with Crippen LogP contribution in [0.4, 0.5) is 0 Å². The number of aliphatic hydroxyl groups excluding tert-OH is 1. The molecule has 0 radical (unpaired) electrons. The molecule has 1 unspecified atom stereocenters. The van der Waals surface area contributed by atoms with Crippen LogP contribution < -0.4 is 5.73 Å². The first-order valence-electron chi connectivity index (χ1n) is 7.73. The van der Waals surface area contributed by atoms with Gasteiger partial charge in [-0.25, -0.2) is 0 Å². The maximum Gasteiger partial charge on any atom is 0.240 e.